The third-order valence-corrected chi connectivity index (χ3v) is 5.45. The third-order valence-electron chi connectivity index (χ3n) is 4.71. The molecule has 1 aliphatic heterocycles. The Hall–Kier alpha value is -4.19. The minimum Gasteiger partial charge on any atom is -0.466 e. The lowest BCUT2D eigenvalue weighted by Gasteiger charge is -2.32. The van der Waals surface area contributed by atoms with Crippen LogP contribution in [0.3, 0.4) is 0 Å². The Morgan fingerprint density at radius 3 is 2.70 bits per heavy atom. The molecule has 6 rings (SSSR count). The largest absolute Gasteiger partial charge is 0.466 e. The van der Waals surface area contributed by atoms with Crippen LogP contribution in [0.4, 0.5) is 5.13 Å². The van der Waals surface area contributed by atoms with E-state index in [0.717, 1.165) is 0 Å². The van der Waals surface area contributed by atoms with Gasteiger partial charge < -0.3 is 13.7 Å². The number of H-pyrrole nitrogens is 2. The van der Waals surface area contributed by atoms with E-state index < -0.39 is 5.54 Å². The highest BCUT2D eigenvalue weighted by molar-refractivity contribution is 7.13. The van der Waals surface area contributed by atoms with Crippen LogP contribution in [-0.2, 0) is 10.4 Å². The molecule has 11 nitrogen and oxygen atoms in total. The first kappa shape index (κ1) is 16.7. The number of oxazole rings is 1. The molecule has 0 bridgehead atoms. The molecule has 0 amide bonds. The molecule has 5 aromatic heterocycles. The van der Waals surface area contributed by atoms with Crippen molar-refractivity contribution in [2.45, 2.75) is 5.54 Å². The fourth-order valence-corrected chi connectivity index (χ4v) is 4.21. The molecule has 0 radical (unpaired) electrons. The van der Waals surface area contributed by atoms with Crippen molar-refractivity contribution < 1.29 is 13.7 Å². The van der Waals surface area contributed by atoms with Crippen LogP contribution in [0.2, 0.25) is 0 Å². The summed E-state index contributed by atoms with van der Waals surface area (Å²) >= 11 is 1.40. The average molecular weight is 420 g/mol. The van der Waals surface area contributed by atoms with E-state index in [0.29, 0.717) is 39.5 Å². The molecule has 0 saturated carbocycles. The van der Waals surface area contributed by atoms with E-state index in [1.165, 1.54) is 17.6 Å². The van der Waals surface area contributed by atoms with Crippen LogP contribution in [0.15, 0.2) is 69.7 Å². The predicted octanol–water partition coefficient (Wildman–Crippen LogP) is 2.83. The van der Waals surface area contributed by atoms with Crippen LogP contribution in [0.1, 0.15) is 23.0 Å². The van der Waals surface area contributed by atoms with Crippen LogP contribution in [0.5, 0.6) is 0 Å². The quantitative estimate of drug-likeness (QED) is 0.440. The summed E-state index contributed by atoms with van der Waals surface area (Å²) in [5, 5.41) is 22.0. The van der Waals surface area contributed by atoms with Gasteiger partial charge in [0.15, 0.2) is 11.5 Å². The van der Waals surface area contributed by atoms with E-state index in [-0.39, 0.29) is 0 Å². The Labute approximate surface area is 172 Å². The van der Waals surface area contributed by atoms with Crippen LogP contribution in [-0.4, -0.2) is 35.6 Å². The second-order valence-corrected chi connectivity index (χ2v) is 7.13. The standard InChI is InChI=1S/C18H12N8O3S/c1-2-13(27-7-1)18(16-19-5-8-28-16)14(11-3-4-21-23-11)15(12-10-22-25-24-12)29-26(18)17-20-6-9-30-17/h1-10H,(H,21,23)(H,22,24,25). The van der Waals surface area contributed by atoms with Crippen LogP contribution in [0, 0.1) is 0 Å². The summed E-state index contributed by atoms with van der Waals surface area (Å²) in [5.41, 5.74) is 0.551. The summed E-state index contributed by atoms with van der Waals surface area (Å²) in [4.78, 5) is 15.3. The lowest BCUT2D eigenvalue weighted by atomic mass is 9.83. The van der Waals surface area contributed by atoms with Crippen LogP contribution >= 0.6 is 11.3 Å². The highest BCUT2D eigenvalue weighted by Crippen LogP contribution is 2.56. The Bertz CT molecular complexity index is 1230. The normalized spacial score (nSPS) is 18.9. The summed E-state index contributed by atoms with van der Waals surface area (Å²) in [6.07, 6.45) is 9.56. The lowest BCUT2D eigenvalue weighted by Crippen LogP contribution is -2.44. The summed E-state index contributed by atoms with van der Waals surface area (Å²) < 4.78 is 11.7. The number of aromatic amines is 2. The first-order valence-corrected chi connectivity index (χ1v) is 9.69. The SMILES string of the molecule is c1coc(C2(c3ncco3)C(c3ccn[nH]3)=C(c3cn[nH]n3)ON2c2nccs2)c1. The predicted molar refractivity (Wildman–Crippen MR) is 103 cm³/mol. The zero-order valence-electron chi connectivity index (χ0n) is 15.1. The van der Waals surface area contributed by atoms with Crippen molar-refractivity contribution in [1.82, 2.24) is 35.6 Å². The zero-order chi connectivity index (χ0) is 20.0. The number of anilines is 1. The number of hydrogen-bond acceptors (Lipinski definition) is 10. The number of hydroxylamine groups is 1. The van der Waals surface area contributed by atoms with Gasteiger partial charge in [-0.2, -0.15) is 25.6 Å². The molecule has 12 heteroatoms. The van der Waals surface area contributed by atoms with Gasteiger partial charge in [-0.05, 0) is 18.2 Å². The van der Waals surface area contributed by atoms with Gasteiger partial charge in [0, 0.05) is 17.8 Å². The first-order valence-electron chi connectivity index (χ1n) is 8.81. The molecule has 0 fully saturated rings. The second kappa shape index (κ2) is 6.42. The van der Waals surface area contributed by atoms with Crippen LogP contribution < -0.4 is 5.06 Å². The van der Waals surface area contributed by atoms with Crippen molar-refractivity contribution in [3.63, 3.8) is 0 Å². The summed E-state index contributed by atoms with van der Waals surface area (Å²) in [5.74, 6) is 1.27. The Balaban J connectivity index is 1.74. The van der Waals surface area contributed by atoms with E-state index in [4.69, 9.17) is 13.7 Å². The fourth-order valence-electron chi connectivity index (χ4n) is 3.58. The summed E-state index contributed by atoms with van der Waals surface area (Å²) in [6.45, 7) is 0. The molecule has 30 heavy (non-hydrogen) atoms. The number of hydrogen-bond donors (Lipinski definition) is 2. The number of nitrogens with zero attached hydrogens (tertiary/aromatic N) is 6. The Kier molecular flexibility index (Phi) is 3.58. The van der Waals surface area contributed by atoms with Gasteiger partial charge in [-0.15, -0.1) is 11.3 Å². The zero-order valence-corrected chi connectivity index (χ0v) is 15.9. The highest BCUT2D eigenvalue weighted by atomic mass is 32.1. The number of aromatic nitrogens is 7. The average Bonchev–Trinajstić information content (AvgIpc) is 3.62. The monoisotopic (exact) mass is 420 g/mol. The third kappa shape index (κ3) is 2.21. The van der Waals surface area contributed by atoms with Crippen molar-refractivity contribution in [1.29, 1.82) is 0 Å². The summed E-state index contributed by atoms with van der Waals surface area (Å²) in [7, 11) is 0. The Morgan fingerprint density at radius 2 is 2.03 bits per heavy atom. The van der Waals surface area contributed by atoms with Crippen molar-refractivity contribution in [3.8, 4) is 0 Å². The smallest absolute Gasteiger partial charge is 0.244 e. The van der Waals surface area contributed by atoms with Gasteiger partial charge in [-0.3, -0.25) is 5.10 Å². The van der Waals surface area contributed by atoms with Gasteiger partial charge in [0.05, 0.1) is 29.9 Å². The maximum Gasteiger partial charge on any atom is 0.244 e. The van der Waals surface area contributed by atoms with Gasteiger partial charge in [-0.1, -0.05) is 0 Å². The first-order chi connectivity index (χ1) is 14.9. The van der Waals surface area contributed by atoms with E-state index >= 15 is 0 Å². The molecule has 0 saturated heterocycles. The molecule has 0 aliphatic carbocycles. The van der Waals surface area contributed by atoms with E-state index in [1.807, 2.05) is 17.5 Å². The van der Waals surface area contributed by atoms with Gasteiger partial charge in [-0.25, -0.2) is 9.97 Å². The molecule has 2 N–H and O–H groups in total. The molecule has 1 aliphatic rings. The molecule has 148 valence electrons. The number of thiazole rings is 1. The molecule has 5 aromatic rings. The Morgan fingerprint density at radius 1 is 1.03 bits per heavy atom. The second-order valence-electron chi connectivity index (χ2n) is 6.25. The fraction of sp³-hybridized carbons (Fsp3) is 0.0556. The molecular formula is C18H12N8O3S. The number of furan rings is 1. The van der Waals surface area contributed by atoms with E-state index in [9.17, 15) is 0 Å². The van der Waals surface area contributed by atoms with Crippen molar-refractivity contribution in [2.24, 2.45) is 0 Å². The lowest BCUT2D eigenvalue weighted by molar-refractivity contribution is 0.187. The van der Waals surface area contributed by atoms with Crippen molar-refractivity contribution in [3.05, 3.63) is 83.9 Å². The van der Waals surface area contributed by atoms with Gasteiger partial charge >= 0.3 is 0 Å². The maximum atomic E-state index is 6.38. The molecule has 6 heterocycles. The van der Waals surface area contributed by atoms with Crippen LogP contribution in [0.25, 0.3) is 11.3 Å². The molecule has 0 spiro atoms. The van der Waals surface area contributed by atoms with Gasteiger partial charge in [0.25, 0.3) is 0 Å². The minimum absolute atomic E-state index is 0.329. The van der Waals surface area contributed by atoms with Gasteiger partial charge in [0.1, 0.15) is 12.0 Å². The molecule has 1 atom stereocenters. The number of nitrogens with one attached hydrogen (secondary N) is 2. The van der Waals surface area contributed by atoms with E-state index in [1.54, 1.807) is 42.2 Å². The van der Waals surface area contributed by atoms with Crippen molar-refractivity contribution >= 4 is 27.8 Å². The molecular weight excluding hydrogens is 408 g/mol. The van der Waals surface area contributed by atoms with Crippen molar-refractivity contribution in [2.75, 3.05) is 5.06 Å². The van der Waals surface area contributed by atoms with Gasteiger partial charge in [0.2, 0.25) is 16.6 Å². The number of rotatable bonds is 5. The molecule has 1 unspecified atom stereocenters. The maximum absolute atomic E-state index is 6.38. The topological polar surface area (TPSA) is 135 Å². The molecule has 0 aromatic carbocycles. The minimum atomic E-state index is -1.24. The highest BCUT2D eigenvalue weighted by Gasteiger charge is 2.60. The summed E-state index contributed by atoms with van der Waals surface area (Å²) in [6, 6.07) is 5.44. The van der Waals surface area contributed by atoms with E-state index in [2.05, 4.69) is 35.6 Å².